The molecule has 0 radical (unpaired) electrons. The van der Waals surface area contributed by atoms with Crippen LogP contribution in [0.4, 0.5) is 15.9 Å². The van der Waals surface area contributed by atoms with Crippen molar-refractivity contribution < 1.29 is 9.18 Å². The predicted octanol–water partition coefficient (Wildman–Crippen LogP) is 2.52. The fraction of sp³-hybridized carbons (Fsp3) is 0.0833. The van der Waals surface area contributed by atoms with Gasteiger partial charge in [-0.2, -0.15) is 0 Å². The Kier molecular flexibility index (Phi) is 3.75. The number of nitrogens with two attached hydrogens (primary N) is 1. The predicted molar refractivity (Wildman–Crippen MR) is 73.2 cm³/mol. The Balaban J connectivity index is 2.27. The molecule has 2 aromatic rings. The molecule has 5 nitrogen and oxygen atoms in total. The Labute approximate surface area is 117 Å². The lowest BCUT2D eigenvalue weighted by Gasteiger charge is -2.08. The molecular weight excluding hydrogens is 315 g/mol. The summed E-state index contributed by atoms with van der Waals surface area (Å²) < 4.78 is 14.4. The van der Waals surface area contributed by atoms with Gasteiger partial charge in [0.25, 0.3) is 5.91 Å². The van der Waals surface area contributed by atoms with Crippen molar-refractivity contribution in [3.8, 4) is 0 Å². The van der Waals surface area contributed by atoms with Gasteiger partial charge in [0.1, 0.15) is 10.4 Å². The maximum Gasteiger partial charge on any atom is 0.259 e. The molecule has 0 aliphatic heterocycles. The first-order chi connectivity index (χ1) is 8.97. The van der Waals surface area contributed by atoms with Crippen LogP contribution in [0.5, 0.6) is 0 Å². The van der Waals surface area contributed by atoms with Gasteiger partial charge in [-0.1, -0.05) is 0 Å². The van der Waals surface area contributed by atoms with Crippen LogP contribution in [-0.4, -0.2) is 15.9 Å². The number of halogens is 2. The number of nitrogens with zero attached hydrogens (tertiary/aromatic N) is 2. The lowest BCUT2D eigenvalue weighted by atomic mass is 10.1. The van der Waals surface area contributed by atoms with Crippen molar-refractivity contribution in [1.29, 1.82) is 0 Å². The maximum absolute atomic E-state index is 13.8. The van der Waals surface area contributed by atoms with Crippen LogP contribution in [0.15, 0.2) is 29.1 Å². The molecule has 1 aromatic heterocycles. The molecule has 0 aliphatic carbocycles. The molecule has 19 heavy (non-hydrogen) atoms. The zero-order chi connectivity index (χ0) is 14.0. The second kappa shape index (κ2) is 5.31. The van der Waals surface area contributed by atoms with E-state index in [9.17, 15) is 9.18 Å². The summed E-state index contributed by atoms with van der Waals surface area (Å²) in [5, 5.41) is 2.45. The number of hydrogen-bond acceptors (Lipinski definition) is 4. The minimum atomic E-state index is -0.621. The van der Waals surface area contributed by atoms with E-state index < -0.39 is 11.7 Å². The summed E-state index contributed by atoms with van der Waals surface area (Å²) in [7, 11) is 0. The zero-order valence-corrected chi connectivity index (χ0v) is 11.5. The van der Waals surface area contributed by atoms with Crippen molar-refractivity contribution in [2.24, 2.45) is 0 Å². The normalized spacial score (nSPS) is 10.3. The highest BCUT2D eigenvalue weighted by atomic mass is 79.9. The maximum atomic E-state index is 13.8. The molecule has 1 aromatic carbocycles. The highest BCUT2D eigenvalue weighted by Gasteiger charge is 2.15. The van der Waals surface area contributed by atoms with E-state index in [1.807, 2.05) is 0 Å². The van der Waals surface area contributed by atoms with E-state index in [1.165, 1.54) is 24.5 Å². The second-order valence-electron chi connectivity index (χ2n) is 3.88. The molecule has 3 N–H and O–H groups in total. The average Bonchev–Trinajstić information content (AvgIpc) is 2.36. The monoisotopic (exact) mass is 324 g/mol. The first-order valence-electron chi connectivity index (χ1n) is 5.32. The van der Waals surface area contributed by atoms with Crippen molar-refractivity contribution in [2.45, 2.75) is 6.92 Å². The third-order valence-electron chi connectivity index (χ3n) is 2.38. The lowest BCUT2D eigenvalue weighted by Crippen LogP contribution is -2.16. The van der Waals surface area contributed by atoms with Crippen molar-refractivity contribution in [3.05, 3.63) is 46.1 Å². The third kappa shape index (κ3) is 3.05. The van der Waals surface area contributed by atoms with Crippen LogP contribution in [-0.2, 0) is 0 Å². The molecular formula is C12H10BrFN4O. The molecule has 98 valence electrons. The van der Waals surface area contributed by atoms with Gasteiger partial charge in [0, 0.05) is 5.69 Å². The second-order valence-corrected chi connectivity index (χ2v) is 4.69. The molecule has 0 saturated carbocycles. The van der Waals surface area contributed by atoms with Gasteiger partial charge in [-0.3, -0.25) is 4.79 Å². The quantitative estimate of drug-likeness (QED) is 0.832. The van der Waals surface area contributed by atoms with Crippen LogP contribution in [0.1, 0.15) is 15.9 Å². The van der Waals surface area contributed by atoms with Crippen molar-refractivity contribution in [1.82, 2.24) is 9.97 Å². The van der Waals surface area contributed by atoms with Gasteiger partial charge in [0.2, 0.25) is 0 Å². The molecule has 1 heterocycles. The first-order valence-corrected chi connectivity index (χ1v) is 6.11. The van der Waals surface area contributed by atoms with E-state index in [0.717, 1.165) is 0 Å². The van der Waals surface area contributed by atoms with Crippen LogP contribution in [0, 0.1) is 12.7 Å². The summed E-state index contributed by atoms with van der Waals surface area (Å²) in [6, 6.07) is 2.75. The van der Waals surface area contributed by atoms with E-state index in [1.54, 1.807) is 6.92 Å². The van der Waals surface area contributed by atoms with Crippen molar-refractivity contribution >= 4 is 33.3 Å². The average molecular weight is 325 g/mol. The minimum Gasteiger partial charge on any atom is -0.399 e. The summed E-state index contributed by atoms with van der Waals surface area (Å²) in [4.78, 5) is 19.8. The van der Waals surface area contributed by atoms with Gasteiger partial charge in [-0.25, -0.2) is 14.4 Å². The van der Waals surface area contributed by atoms with Crippen molar-refractivity contribution in [3.63, 3.8) is 0 Å². The number of anilines is 2. The van der Waals surface area contributed by atoms with Gasteiger partial charge in [0.15, 0.2) is 5.82 Å². The summed E-state index contributed by atoms with van der Waals surface area (Å²) in [5.41, 5.74) is 6.11. The molecule has 0 unspecified atom stereocenters. The molecule has 0 aliphatic rings. The lowest BCUT2D eigenvalue weighted by molar-refractivity contribution is 0.102. The Bertz CT molecular complexity index is 630. The van der Waals surface area contributed by atoms with E-state index >= 15 is 0 Å². The number of carbonyl (C=O) groups excluding carboxylic acids is 1. The fourth-order valence-electron chi connectivity index (χ4n) is 1.52. The number of rotatable bonds is 2. The molecule has 2 rings (SSSR count). The number of aryl methyl sites for hydroxylation is 1. The standard InChI is InChI=1S/C12H10BrFN4O/c1-6-2-7(15)3-8(11(6)14)12(19)18-10-5-16-9(13)4-17-10/h2-5H,15H2,1H3,(H,17,18,19). The largest absolute Gasteiger partial charge is 0.399 e. The summed E-state index contributed by atoms with van der Waals surface area (Å²) in [5.74, 6) is -0.992. The van der Waals surface area contributed by atoms with Gasteiger partial charge in [-0.05, 0) is 40.5 Å². The summed E-state index contributed by atoms with van der Waals surface area (Å²) in [6.45, 7) is 1.54. The van der Waals surface area contributed by atoms with Crippen LogP contribution in [0.25, 0.3) is 0 Å². The smallest absolute Gasteiger partial charge is 0.259 e. The molecule has 0 saturated heterocycles. The Morgan fingerprint density at radius 2 is 2.11 bits per heavy atom. The van der Waals surface area contributed by atoms with Gasteiger partial charge in [0.05, 0.1) is 18.0 Å². The van der Waals surface area contributed by atoms with Gasteiger partial charge < -0.3 is 11.1 Å². The SMILES string of the molecule is Cc1cc(N)cc(C(=O)Nc2cnc(Br)cn2)c1F. The number of amides is 1. The van der Waals surface area contributed by atoms with Crippen LogP contribution < -0.4 is 11.1 Å². The molecule has 7 heteroatoms. The van der Waals surface area contributed by atoms with E-state index in [4.69, 9.17) is 5.73 Å². The summed E-state index contributed by atoms with van der Waals surface area (Å²) >= 11 is 3.12. The topological polar surface area (TPSA) is 80.9 Å². The molecule has 0 atom stereocenters. The highest BCUT2D eigenvalue weighted by molar-refractivity contribution is 9.10. The third-order valence-corrected chi connectivity index (χ3v) is 2.79. The van der Waals surface area contributed by atoms with Crippen LogP contribution >= 0.6 is 15.9 Å². The fourth-order valence-corrected chi connectivity index (χ4v) is 1.73. The number of nitrogens with one attached hydrogen (secondary N) is 1. The number of carbonyl (C=O) groups is 1. The molecule has 1 amide bonds. The number of benzene rings is 1. The molecule has 0 spiro atoms. The first kappa shape index (κ1) is 13.4. The Hall–Kier alpha value is -2.02. The molecule has 0 bridgehead atoms. The minimum absolute atomic E-state index is 0.123. The van der Waals surface area contributed by atoms with E-state index in [-0.39, 0.29) is 11.4 Å². The van der Waals surface area contributed by atoms with Crippen LogP contribution in [0.3, 0.4) is 0 Å². The Morgan fingerprint density at radius 3 is 2.74 bits per heavy atom. The highest BCUT2D eigenvalue weighted by Crippen LogP contribution is 2.18. The Morgan fingerprint density at radius 1 is 1.37 bits per heavy atom. The van der Waals surface area contributed by atoms with Gasteiger partial charge >= 0.3 is 0 Å². The van der Waals surface area contributed by atoms with E-state index in [2.05, 4.69) is 31.2 Å². The number of aromatic nitrogens is 2. The summed E-state index contributed by atoms with van der Waals surface area (Å²) in [6.07, 6.45) is 2.79. The number of hydrogen-bond donors (Lipinski definition) is 2. The van der Waals surface area contributed by atoms with Gasteiger partial charge in [-0.15, -0.1) is 0 Å². The van der Waals surface area contributed by atoms with Crippen molar-refractivity contribution in [2.75, 3.05) is 11.1 Å². The molecule has 0 fully saturated rings. The number of nitrogen functional groups attached to an aromatic ring is 1. The van der Waals surface area contributed by atoms with E-state index in [0.29, 0.717) is 15.9 Å². The zero-order valence-electron chi connectivity index (χ0n) is 9.95. The van der Waals surface area contributed by atoms with Crippen LogP contribution in [0.2, 0.25) is 0 Å².